The number of fused-ring (bicyclic) bond motifs is 2. The zero-order valence-electron chi connectivity index (χ0n) is 13.2. The highest BCUT2D eigenvalue weighted by Gasteiger charge is 2.19. The Morgan fingerprint density at radius 1 is 0.958 bits per heavy atom. The Morgan fingerprint density at radius 3 is 2.71 bits per heavy atom. The first-order valence-corrected chi connectivity index (χ1v) is 8.01. The highest BCUT2D eigenvalue weighted by molar-refractivity contribution is 5.95. The number of aromatic nitrogens is 1. The average molecular weight is 316 g/mol. The van der Waals surface area contributed by atoms with Gasteiger partial charge >= 0.3 is 0 Å². The molecule has 0 fully saturated rings. The molecule has 24 heavy (non-hydrogen) atoms. The Hall–Kier alpha value is -2.94. The second kappa shape index (κ2) is 5.93. The molecule has 2 nitrogen and oxygen atoms in total. The van der Waals surface area contributed by atoms with Crippen LogP contribution in [0, 0.1) is 5.82 Å². The van der Waals surface area contributed by atoms with E-state index in [-0.39, 0.29) is 5.82 Å². The third kappa shape index (κ3) is 2.58. The van der Waals surface area contributed by atoms with E-state index in [1.54, 1.807) is 6.07 Å². The molecule has 1 heterocycles. The molecule has 0 amide bonds. The Kier molecular flexibility index (Phi) is 3.62. The first-order valence-electron chi connectivity index (χ1n) is 8.01. The monoisotopic (exact) mass is 316 g/mol. The van der Waals surface area contributed by atoms with Gasteiger partial charge in [0.25, 0.3) is 0 Å². The van der Waals surface area contributed by atoms with Crippen molar-refractivity contribution in [3.63, 3.8) is 0 Å². The van der Waals surface area contributed by atoms with Crippen LogP contribution in [0.4, 0.5) is 10.1 Å². The van der Waals surface area contributed by atoms with Crippen molar-refractivity contribution in [2.45, 2.75) is 12.8 Å². The van der Waals surface area contributed by atoms with Crippen molar-refractivity contribution in [1.29, 1.82) is 0 Å². The minimum absolute atomic E-state index is 0.203. The summed E-state index contributed by atoms with van der Waals surface area (Å²) in [7, 11) is 0. The van der Waals surface area contributed by atoms with Gasteiger partial charge in [-0.05, 0) is 65.4 Å². The molecule has 1 aromatic heterocycles. The number of aryl methyl sites for hydroxylation is 2. The fraction of sp³-hybridized carbons (Fsp3) is 0.0952. The third-order valence-corrected chi connectivity index (χ3v) is 4.46. The summed E-state index contributed by atoms with van der Waals surface area (Å²) in [6.45, 7) is 0. The molecule has 0 spiro atoms. The van der Waals surface area contributed by atoms with Crippen molar-refractivity contribution >= 4 is 17.3 Å². The standard InChI is InChI=1S/C21H17FN2/c22-16-8-9-17-14(12-16)7-10-21-18(5-3-11-24-21)19(17)13-15-4-1-2-6-20(15)23/h1-6,8-9,11-13H,7,10,23H2/b19-13-. The van der Waals surface area contributed by atoms with E-state index in [0.717, 1.165) is 52.0 Å². The molecule has 1 aliphatic carbocycles. The maximum Gasteiger partial charge on any atom is 0.123 e. The number of benzene rings is 2. The molecule has 0 saturated carbocycles. The SMILES string of the molecule is Nc1ccccc1/C=C1/c2ccc(F)cc2CCc2ncccc21. The molecule has 0 bridgehead atoms. The summed E-state index contributed by atoms with van der Waals surface area (Å²) in [6, 6.07) is 16.8. The molecule has 4 rings (SSSR count). The van der Waals surface area contributed by atoms with Crippen molar-refractivity contribution in [3.8, 4) is 0 Å². The van der Waals surface area contributed by atoms with Gasteiger partial charge in [0.05, 0.1) is 0 Å². The molecule has 2 N–H and O–H groups in total. The Labute approximate surface area is 140 Å². The van der Waals surface area contributed by atoms with E-state index in [1.165, 1.54) is 6.07 Å². The zero-order valence-corrected chi connectivity index (χ0v) is 13.2. The lowest BCUT2D eigenvalue weighted by Gasteiger charge is -2.12. The Balaban J connectivity index is 1.99. The molecule has 0 radical (unpaired) electrons. The third-order valence-electron chi connectivity index (χ3n) is 4.46. The van der Waals surface area contributed by atoms with Crippen molar-refractivity contribution in [3.05, 3.63) is 94.6 Å². The van der Waals surface area contributed by atoms with Crippen LogP contribution in [-0.2, 0) is 12.8 Å². The molecule has 1 aliphatic rings. The maximum atomic E-state index is 13.7. The number of halogens is 1. The summed E-state index contributed by atoms with van der Waals surface area (Å²) in [6.07, 6.45) is 5.47. The number of nitrogens with two attached hydrogens (primary N) is 1. The van der Waals surface area contributed by atoms with Gasteiger partial charge in [0.15, 0.2) is 0 Å². The van der Waals surface area contributed by atoms with Crippen LogP contribution in [0.15, 0.2) is 60.8 Å². The fourth-order valence-electron chi connectivity index (χ4n) is 3.27. The van der Waals surface area contributed by atoms with Gasteiger partial charge in [-0.3, -0.25) is 4.98 Å². The Bertz CT molecular complexity index is 944. The topological polar surface area (TPSA) is 38.9 Å². The highest BCUT2D eigenvalue weighted by atomic mass is 19.1. The molecule has 0 aliphatic heterocycles. The smallest absolute Gasteiger partial charge is 0.123 e. The van der Waals surface area contributed by atoms with Crippen molar-refractivity contribution < 1.29 is 4.39 Å². The van der Waals surface area contributed by atoms with Crippen molar-refractivity contribution in [2.75, 3.05) is 5.73 Å². The summed E-state index contributed by atoms with van der Waals surface area (Å²) in [5.74, 6) is -0.203. The van der Waals surface area contributed by atoms with Gasteiger partial charge in [0.2, 0.25) is 0 Å². The number of rotatable bonds is 1. The van der Waals surface area contributed by atoms with Gasteiger partial charge in [-0.2, -0.15) is 0 Å². The molecular formula is C21H17FN2. The number of nitrogen functional groups attached to an aromatic ring is 1. The van der Waals surface area contributed by atoms with E-state index in [9.17, 15) is 4.39 Å². The predicted molar refractivity (Wildman–Crippen MR) is 95.9 cm³/mol. The van der Waals surface area contributed by atoms with Crippen LogP contribution in [0.25, 0.3) is 11.6 Å². The van der Waals surface area contributed by atoms with E-state index >= 15 is 0 Å². The quantitative estimate of drug-likeness (QED) is 0.672. The van der Waals surface area contributed by atoms with Gasteiger partial charge in [0, 0.05) is 23.1 Å². The molecule has 118 valence electrons. The molecular weight excluding hydrogens is 299 g/mol. The Morgan fingerprint density at radius 2 is 1.83 bits per heavy atom. The fourth-order valence-corrected chi connectivity index (χ4v) is 3.27. The highest BCUT2D eigenvalue weighted by Crippen LogP contribution is 2.35. The van der Waals surface area contributed by atoms with Crippen molar-refractivity contribution in [2.24, 2.45) is 0 Å². The average Bonchev–Trinajstić information content (AvgIpc) is 2.74. The van der Waals surface area contributed by atoms with E-state index < -0.39 is 0 Å². The number of nitrogens with zero attached hydrogens (tertiary/aromatic N) is 1. The van der Waals surface area contributed by atoms with E-state index in [0.29, 0.717) is 0 Å². The molecule has 0 atom stereocenters. The van der Waals surface area contributed by atoms with E-state index in [1.807, 2.05) is 42.6 Å². The lowest BCUT2D eigenvalue weighted by molar-refractivity contribution is 0.625. The number of pyridine rings is 1. The van der Waals surface area contributed by atoms with E-state index in [4.69, 9.17) is 5.73 Å². The lowest BCUT2D eigenvalue weighted by atomic mass is 9.93. The largest absolute Gasteiger partial charge is 0.398 e. The summed E-state index contributed by atoms with van der Waals surface area (Å²) < 4.78 is 13.7. The second-order valence-electron chi connectivity index (χ2n) is 5.99. The van der Waals surface area contributed by atoms with Crippen LogP contribution in [0.2, 0.25) is 0 Å². The van der Waals surface area contributed by atoms with Crippen LogP contribution < -0.4 is 5.73 Å². The molecule has 0 saturated heterocycles. The molecule has 2 aromatic carbocycles. The van der Waals surface area contributed by atoms with Crippen LogP contribution in [-0.4, -0.2) is 4.98 Å². The second-order valence-corrected chi connectivity index (χ2v) is 5.99. The van der Waals surface area contributed by atoms with Crippen LogP contribution >= 0.6 is 0 Å². The predicted octanol–water partition coefficient (Wildman–Crippen LogP) is 4.49. The lowest BCUT2D eigenvalue weighted by Crippen LogP contribution is -1.96. The summed E-state index contributed by atoms with van der Waals surface area (Å²) in [5, 5.41) is 0. The maximum absolute atomic E-state index is 13.7. The van der Waals surface area contributed by atoms with Crippen LogP contribution in [0.3, 0.4) is 0 Å². The van der Waals surface area contributed by atoms with E-state index in [2.05, 4.69) is 17.1 Å². The summed E-state index contributed by atoms with van der Waals surface area (Å²) >= 11 is 0. The normalized spacial score (nSPS) is 14.8. The number of hydrogen-bond donors (Lipinski definition) is 1. The van der Waals surface area contributed by atoms with Gasteiger partial charge in [-0.15, -0.1) is 0 Å². The van der Waals surface area contributed by atoms with Crippen LogP contribution in [0.5, 0.6) is 0 Å². The van der Waals surface area contributed by atoms with Gasteiger partial charge in [-0.1, -0.05) is 30.3 Å². The zero-order chi connectivity index (χ0) is 16.5. The minimum atomic E-state index is -0.203. The number of para-hydroxylation sites is 1. The molecule has 0 unspecified atom stereocenters. The van der Waals surface area contributed by atoms with Crippen molar-refractivity contribution in [1.82, 2.24) is 4.98 Å². The van der Waals surface area contributed by atoms with Gasteiger partial charge < -0.3 is 5.73 Å². The number of hydrogen-bond acceptors (Lipinski definition) is 2. The van der Waals surface area contributed by atoms with Gasteiger partial charge in [0.1, 0.15) is 5.82 Å². The summed E-state index contributed by atoms with van der Waals surface area (Å²) in [4.78, 5) is 4.53. The minimum Gasteiger partial charge on any atom is -0.398 e. The molecule has 3 aromatic rings. The number of anilines is 1. The first-order chi connectivity index (χ1) is 11.7. The summed E-state index contributed by atoms with van der Waals surface area (Å²) in [5.41, 5.74) is 13.0. The first kappa shape index (κ1) is 14.6. The van der Waals surface area contributed by atoms with Gasteiger partial charge in [-0.25, -0.2) is 4.39 Å². The molecule has 3 heteroatoms. The van der Waals surface area contributed by atoms with Crippen LogP contribution in [0.1, 0.15) is 27.9 Å².